The first kappa shape index (κ1) is 19.4. The van der Waals surface area contributed by atoms with Crippen LogP contribution < -0.4 is 10.6 Å². The second-order valence-electron chi connectivity index (χ2n) is 7.04. The van der Waals surface area contributed by atoms with Crippen LogP contribution in [0.5, 0.6) is 0 Å². The van der Waals surface area contributed by atoms with Crippen LogP contribution in [0.15, 0.2) is 36.9 Å². The summed E-state index contributed by atoms with van der Waals surface area (Å²) >= 11 is 0. The molecule has 0 bridgehead atoms. The number of carbonyl (C=O) groups is 2. The molecule has 1 aromatic heterocycles. The summed E-state index contributed by atoms with van der Waals surface area (Å²) in [4.78, 5) is 27.8. The molecule has 0 saturated heterocycles. The van der Waals surface area contributed by atoms with Crippen molar-refractivity contribution in [1.29, 1.82) is 0 Å². The Hall–Kier alpha value is -2.90. The second-order valence-corrected chi connectivity index (χ2v) is 7.04. The quantitative estimate of drug-likeness (QED) is 0.823. The number of nitrogens with one attached hydrogen (secondary N) is 2. The third-order valence-electron chi connectivity index (χ3n) is 3.36. The fraction of sp³-hybridized carbons (Fsp3) is 0.444. The number of alkyl carbamates (subject to hydrolysis) is 1. The van der Waals surface area contributed by atoms with Crippen molar-refractivity contribution in [2.45, 2.75) is 52.4 Å². The highest BCUT2D eigenvalue weighted by Crippen LogP contribution is 2.08. The fourth-order valence-electron chi connectivity index (χ4n) is 2.22. The van der Waals surface area contributed by atoms with Crippen molar-refractivity contribution in [3.63, 3.8) is 0 Å². The van der Waals surface area contributed by atoms with Gasteiger partial charge < -0.3 is 15.4 Å². The number of ether oxygens (including phenoxy) is 1. The van der Waals surface area contributed by atoms with E-state index in [2.05, 4.69) is 20.7 Å². The Labute approximate surface area is 153 Å². The second kappa shape index (κ2) is 8.46. The summed E-state index contributed by atoms with van der Waals surface area (Å²) in [6.07, 6.45) is 2.59. The van der Waals surface area contributed by atoms with E-state index in [1.165, 1.54) is 6.33 Å². The highest BCUT2D eigenvalue weighted by molar-refractivity contribution is 5.94. The zero-order chi connectivity index (χ0) is 19.2. The van der Waals surface area contributed by atoms with Gasteiger partial charge in [0.05, 0.1) is 6.54 Å². The average molecular weight is 359 g/mol. The molecule has 2 N–H and O–H groups in total. The zero-order valence-corrected chi connectivity index (χ0v) is 15.5. The molecular weight excluding hydrogens is 334 g/mol. The van der Waals surface area contributed by atoms with Crippen LogP contribution in [-0.4, -0.2) is 38.4 Å². The molecule has 0 aliphatic carbocycles. The molecule has 140 valence electrons. The van der Waals surface area contributed by atoms with E-state index in [0.29, 0.717) is 18.7 Å². The maximum absolute atomic E-state index is 12.3. The van der Waals surface area contributed by atoms with Crippen molar-refractivity contribution in [3.8, 4) is 0 Å². The Morgan fingerprint density at radius 1 is 1.23 bits per heavy atom. The monoisotopic (exact) mass is 359 g/mol. The van der Waals surface area contributed by atoms with E-state index in [0.717, 1.165) is 5.56 Å². The van der Waals surface area contributed by atoms with Gasteiger partial charge in [0.25, 0.3) is 5.91 Å². The molecule has 1 atom stereocenters. The molecule has 26 heavy (non-hydrogen) atoms. The lowest BCUT2D eigenvalue weighted by molar-refractivity contribution is 0.0523. The summed E-state index contributed by atoms with van der Waals surface area (Å²) < 4.78 is 6.85. The zero-order valence-electron chi connectivity index (χ0n) is 15.5. The van der Waals surface area contributed by atoms with Gasteiger partial charge in [0, 0.05) is 18.2 Å². The maximum atomic E-state index is 12.3. The Kier molecular flexibility index (Phi) is 6.32. The molecule has 1 unspecified atom stereocenters. The van der Waals surface area contributed by atoms with Crippen LogP contribution in [0.2, 0.25) is 0 Å². The normalized spacial score (nSPS) is 12.3. The standard InChI is InChI=1S/C18H25N5O3/c1-13(10-23-12-19-11-21-23)22-16(24)15-7-5-14(6-8-15)9-20-17(25)26-18(2,3)4/h5-8,11-13H,9-10H2,1-4H3,(H,20,25)(H,22,24). The summed E-state index contributed by atoms with van der Waals surface area (Å²) in [7, 11) is 0. The summed E-state index contributed by atoms with van der Waals surface area (Å²) in [6, 6.07) is 6.97. The molecule has 0 fully saturated rings. The maximum Gasteiger partial charge on any atom is 0.407 e. The first-order chi connectivity index (χ1) is 12.2. The van der Waals surface area contributed by atoms with Gasteiger partial charge >= 0.3 is 6.09 Å². The summed E-state index contributed by atoms with van der Waals surface area (Å²) in [5.41, 5.74) is 0.897. The fourth-order valence-corrected chi connectivity index (χ4v) is 2.22. The van der Waals surface area contributed by atoms with E-state index >= 15 is 0 Å². The number of hydrogen-bond acceptors (Lipinski definition) is 5. The minimum Gasteiger partial charge on any atom is -0.444 e. The number of aromatic nitrogens is 3. The van der Waals surface area contributed by atoms with Gasteiger partial charge in [-0.15, -0.1) is 0 Å². The molecule has 8 heteroatoms. The van der Waals surface area contributed by atoms with Gasteiger partial charge in [0.2, 0.25) is 0 Å². The number of rotatable bonds is 6. The first-order valence-electron chi connectivity index (χ1n) is 8.42. The molecule has 0 aliphatic rings. The summed E-state index contributed by atoms with van der Waals surface area (Å²) in [5.74, 6) is -0.163. The number of hydrogen-bond donors (Lipinski definition) is 2. The third kappa shape index (κ3) is 6.54. The molecule has 8 nitrogen and oxygen atoms in total. The third-order valence-corrected chi connectivity index (χ3v) is 3.36. The smallest absolute Gasteiger partial charge is 0.407 e. The molecule has 1 heterocycles. The molecular formula is C18H25N5O3. The molecule has 0 spiro atoms. The lowest BCUT2D eigenvalue weighted by Crippen LogP contribution is -2.35. The van der Waals surface area contributed by atoms with Crippen LogP contribution >= 0.6 is 0 Å². The molecule has 2 aromatic rings. The Morgan fingerprint density at radius 2 is 1.92 bits per heavy atom. The largest absolute Gasteiger partial charge is 0.444 e. The number of nitrogens with zero attached hydrogens (tertiary/aromatic N) is 3. The lowest BCUT2D eigenvalue weighted by atomic mass is 10.1. The molecule has 0 aliphatic heterocycles. The van der Waals surface area contributed by atoms with Gasteiger partial charge in [-0.2, -0.15) is 5.10 Å². The van der Waals surface area contributed by atoms with Crippen molar-refractivity contribution >= 4 is 12.0 Å². The number of benzene rings is 1. The van der Waals surface area contributed by atoms with Crippen LogP contribution in [0.25, 0.3) is 0 Å². The number of carbonyl (C=O) groups excluding carboxylic acids is 2. The van der Waals surface area contributed by atoms with Gasteiger partial charge in [0.1, 0.15) is 18.3 Å². The van der Waals surface area contributed by atoms with Crippen LogP contribution in [0.4, 0.5) is 4.79 Å². The van der Waals surface area contributed by atoms with E-state index in [-0.39, 0.29) is 11.9 Å². The molecule has 0 radical (unpaired) electrons. The van der Waals surface area contributed by atoms with Crippen LogP contribution in [0.1, 0.15) is 43.6 Å². The van der Waals surface area contributed by atoms with E-state index in [4.69, 9.17) is 4.74 Å². The summed E-state index contributed by atoms with van der Waals surface area (Å²) in [5, 5.41) is 9.61. The van der Waals surface area contributed by atoms with Gasteiger partial charge in [0.15, 0.2) is 0 Å². The van der Waals surface area contributed by atoms with Crippen LogP contribution in [0, 0.1) is 0 Å². The lowest BCUT2D eigenvalue weighted by Gasteiger charge is -2.19. The Balaban J connectivity index is 1.82. The van der Waals surface area contributed by atoms with Crippen molar-refractivity contribution in [2.75, 3.05) is 0 Å². The van der Waals surface area contributed by atoms with Gasteiger partial charge in [-0.3, -0.25) is 9.48 Å². The SMILES string of the molecule is CC(Cn1cncn1)NC(=O)c1ccc(CNC(=O)OC(C)(C)C)cc1. The predicted octanol–water partition coefficient (Wildman–Crippen LogP) is 2.12. The minimum atomic E-state index is -0.533. The van der Waals surface area contributed by atoms with Crippen molar-refractivity contribution in [2.24, 2.45) is 0 Å². The van der Waals surface area contributed by atoms with Gasteiger partial charge in [-0.05, 0) is 45.4 Å². The number of amides is 2. The van der Waals surface area contributed by atoms with Crippen molar-refractivity contribution < 1.29 is 14.3 Å². The molecule has 1 aromatic carbocycles. The van der Waals surface area contributed by atoms with Gasteiger partial charge in [-0.25, -0.2) is 9.78 Å². The van der Waals surface area contributed by atoms with E-state index < -0.39 is 11.7 Å². The predicted molar refractivity (Wildman–Crippen MR) is 96.5 cm³/mol. The minimum absolute atomic E-state index is 0.0855. The Bertz CT molecular complexity index is 720. The van der Waals surface area contributed by atoms with Crippen LogP contribution in [-0.2, 0) is 17.8 Å². The average Bonchev–Trinajstić information content (AvgIpc) is 3.04. The van der Waals surface area contributed by atoms with Crippen molar-refractivity contribution in [1.82, 2.24) is 25.4 Å². The topological polar surface area (TPSA) is 98.1 Å². The highest BCUT2D eigenvalue weighted by Gasteiger charge is 2.16. The molecule has 2 amide bonds. The Morgan fingerprint density at radius 3 is 2.50 bits per heavy atom. The molecule has 0 saturated carbocycles. The first-order valence-corrected chi connectivity index (χ1v) is 8.42. The van der Waals surface area contributed by atoms with E-state index in [9.17, 15) is 9.59 Å². The van der Waals surface area contributed by atoms with E-state index in [1.807, 2.05) is 27.7 Å². The van der Waals surface area contributed by atoms with Crippen LogP contribution in [0.3, 0.4) is 0 Å². The van der Waals surface area contributed by atoms with Gasteiger partial charge in [-0.1, -0.05) is 12.1 Å². The highest BCUT2D eigenvalue weighted by atomic mass is 16.6. The summed E-state index contributed by atoms with van der Waals surface area (Å²) in [6.45, 7) is 8.21. The van der Waals surface area contributed by atoms with Crippen molar-refractivity contribution in [3.05, 3.63) is 48.0 Å². The molecule has 2 rings (SSSR count). The van der Waals surface area contributed by atoms with E-state index in [1.54, 1.807) is 35.3 Å².